The second-order valence-corrected chi connectivity index (χ2v) is 4.59. The second kappa shape index (κ2) is 6.70. The van der Waals surface area contributed by atoms with E-state index in [0.717, 1.165) is 23.8 Å². The summed E-state index contributed by atoms with van der Waals surface area (Å²) >= 11 is 1.85. The van der Waals surface area contributed by atoms with Crippen LogP contribution in [0.25, 0.3) is 0 Å². The maximum Gasteiger partial charge on any atom is 0.225 e. The Morgan fingerprint density at radius 3 is 2.88 bits per heavy atom. The molecule has 5 heteroatoms. The van der Waals surface area contributed by atoms with E-state index in [4.69, 9.17) is 5.73 Å². The van der Waals surface area contributed by atoms with Crippen LogP contribution in [0.5, 0.6) is 0 Å². The minimum Gasteiger partial charge on any atom is -0.340 e. The first-order chi connectivity index (χ1) is 7.72. The number of rotatable bonds is 6. The maximum absolute atomic E-state index is 5.57. The lowest BCUT2D eigenvalue weighted by Gasteiger charge is -2.26. The molecule has 16 heavy (non-hydrogen) atoms. The molecule has 0 fully saturated rings. The molecule has 0 saturated heterocycles. The standard InChI is InChI=1S/C11H20N4S/c1-4-10(8-16-3)15(2)11-13-6-5-9(7-12)14-11/h5-6,10H,4,7-8,12H2,1-3H3. The highest BCUT2D eigenvalue weighted by atomic mass is 32.2. The maximum atomic E-state index is 5.57. The smallest absolute Gasteiger partial charge is 0.225 e. The molecule has 1 atom stereocenters. The summed E-state index contributed by atoms with van der Waals surface area (Å²) in [5.41, 5.74) is 6.46. The molecule has 0 radical (unpaired) electrons. The molecule has 4 nitrogen and oxygen atoms in total. The third-order valence-corrected chi connectivity index (χ3v) is 3.32. The molecule has 1 aromatic heterocycles. The molecular formula is C11H20N4S. The van der Waals surface area contributed by atoms with Crippen LogP contribution in [0.15, 0.2) is 12.3 Å². The summed E-state index contributed by atoms with van der Waals surface area (Å²) in [7, 11) is 2.04. The van der Waals surface area contributed by atoms with Gasteiger partial charge in [-0.2, -0.15) is 11.8 Å². The van der Waals surface area contributed by atoms with Crippen LogP contribution in [0.3, 0.4) is 0 Å². The summed E-state index contributed by atoms with van der Waals surface area (Å²) in [6.45, 7) is 2.65. The third kappa shape index (κ3) is 3.35. The Morgan fingerprint density at radius 2 is 2.31 bits per heavy atom. The van der Waals surface area contributed by atoms with Gasteiger partial charge in [0.1, 0.15) is 0 Å². The van der Waals surface area contributed by atoms with Gasteiger partial charge in [0.05, 0.1) is 5.69 Å². The molecule has 0 saturated carbocycles. The van der Waals surface area contributed by atoms with Gasteiger partial charge >= 0.3 is 0 Å². The number of nitrogens with zero attached hydrogens (tertiary/aromatic N) is 3. The Balaban J connectivity index is 2.80. The van der Waals surface area contributed by atoms with E-state index in [0.29, 0.717) is 12.6 Å². The number of anilines is 1. The lowest BCUT2D eigenvalue weighted by atomic mass is 10.2. The van der Waals surface area contributed by atoms with E-state index >= 15 is 0 Å². The zero-order chi connectivity index (χ0) is 12.0. The Hall–Kier alpha value is -0.810. The van der Waals surface area contributed by atoms with Crippen LogP contribution in [-0.4, -0.2) is 35.1 Å². The zero-order valence-electron chi connectivity index (χ0n) is 10.2. The molecule has 0 bridgehead atoms. The summed E-state index contributed by atoms with van der Waals surface area (Å²) in [6.07, 6.45) is 4.98. The molecule has 2 N–H and O–H groups in total. The van der Waals surface area contributed by atoms with Crippen molar-refractivity contribution in [1.82, 2.24) is 9.97 Å². The SMILES string of the molecule is CCC(CSC)N(C)c1nccc(CN)n1. The zero-order valence-corrected chi connectivity index (χ0v) is 11.0. The first kappa shape index (κ1) is 13.3. The molecule has 1 rings (SSSR count). The highest BCUT2D eigenvalue weighted by Crippen LogP contribution is 2.14. The van der Waals surface area contributed by atoms with Gasteiger partial charge in [0.15, 0.2) is 0 Å². The van der Waals surface area contributed by atoms with Gasteiger partial charge in [-0.3, -0.25) is 0 Å². The monoisotopic (exact) mass is 240 g/mol. The summed E-state index contributed by atoms with van der Waals surface area (Å²) in [4.78, 5) is 10.8. The van der Waals surface area contributed by atoms with Crippen LogP contribution in [0.4, 0.5) is 5.95 Å². The van der Waals surface area contributed by atoms with E-state index in [1.54, 1.807) is 6.20 Å². The average Bonchev–Trinajstić information content (AvgIpc) is 2.35. The Morgan fingerprint density at radius 1 is 1.56 bits per heavy atom. The quantitative estimate of drug-likeness (QED) is 0.817. The van der Waals surface area contributed by atoms with Crippen molar-refractivity contribution < 1.29 is 0 Å². The Kier molecular flexibility index (Phi) is 5.55. The van der Waals surface area contributed by atoms with Gasteiger partial charge in [-0.1, -0.05) is 6.92 Å². The molecule has 1 heterocycles. The van der Waals surface area contributed by atoms with Crippen LogP contribution in [-0.2, 0) is 6.54 Å². The molecule has 90 valence electrons. The Labute approximate surface area is 102 Å². The molecular weight excluding hydrogens is 220 g/mol. The summed E-state index contributed by atoms with van der Waals surface area (Å²) in [6, 6.07) is 2.33. The van der Waals surface area contributed by atoms with Crippen LogP contribution in [0.2, 0.25) is 0 Å². The van der Waals surface area contributed by atoms with Crippen molar-refractivity contribution >= 4 is 17.7 Å². The lowest BCUT2D eigenvalue weighted by Crippen LogP contribution is -2.34. The van der Waals surface area contributed by atoms with E-state index in [1.165, 1.54) is 0 Å². The van der Waals surface area contributed by atoms with E-state index in [2.05, 4.69) is 28.0 Å². The van der Waals surface area contributed by atoms with E-state index in [9.17, 15) is 0 Å². The van der Waals surface area contributed by atoms with Crippen molar-refractivity contribution in [2.24, 2.45) is 5.73 Å². The molecule has 0 aliphatic carbocycles. The topological polar surface area (TPSA) is 55.0 Å². The number of thioether (sulfide) groups is 1. The van der Waals surface area contributed by atoms with E-state index in [1.807, 2.05) is 24.9 Å². The summed E-state index contributed by atoms with van der Waals surface area (Å²) in [5.74, 6) is 1.85. The van der Waals surface area contributed by atoms with Crippen LogP contribution in [0, 0.1) is 0 Å². The van der Waals surface area contributed by atoms with Crippen molar-refractivity contribution in [3.05, 3.63) is 18.0 Å². The summed E-state index contributed by atoms with van der Waals surface area (Å²) in [5, 5.41) is 0. The normalized spacial score (nSPS) is 12.5. The van der Waals surface area contributed by atoms with Gasteiger partial charge in [0.2, 0.25) is 5.95 Å². The van der Waals surface area contributed by atoms with Gasteiger partial charge < -0.3 is 10.6 Å². The van der Waals surface area contributed by atoms with Crippen molar-refractivity contribution in [1.29, 1.82) is 0 Å². The molecule has 1 unspecified atom stereocenters. The fourth-order valence-electron chi connectivity index (χ4n) is 1.53. The van der Waals surface area contributed by atoms with E-state index < -0.39 is 0 Å². The predicted octanol–water partition coefficient (Wildman–Crippen LogP) is 1.51. The third-order valence-electron chi connectivity index (χ3n) is 2.60. The van der Waals surface area contributed by atoms with Gasteiger partial charge in [-0.05, 0) is 18.7 Å². The second-order valence-electron chi connectivity index (χ2n) is 3.68. The minimum absolute atomic E-state index is 0.461. The summed E-state index contributed by atoms with van der Waals surface area (Å²) < 4.78 is 0. The van der Waals surface area contributed by atoms with Crippen molar-refractivity contribution in [2.75, 3.05) is 24.0 Å². The first-order valence-electron chi connectivity index (χ1n) is 5.46. The fraction of sp³-hybridized carbons (Fsp3) is 0.636. The molecule has 1 aromatic rings. The van der Waals surface area contributed by atoms with Crippen molar-refractivity contribution in [3.63, 3.8) is 0 Å². The van der Waals surface area contributed by atoms with Crippen LogP contribution in [0.1, 0.15) is 19.0 Å². The highest BCUT2D eigenvalue weighted by Gasteiger charge is 2.14. The van der Waals surface area contributed by atoms with E-state index in [-0.39, 0.29) is 0 Å². The molecule has 0 aliphatic rings. The van der Waals surface area contributed by atoms with Crippen LogP contribution >= 0.6 is 11.8 Å². The largest absolute Gasteiger partial charge is 0.340 e. The Bertz CT molecular complexity index is 319. The van der Waals surface area contributed by atoms with Crippen LogP contribution < -0.4 is 10.6 Å². The van der Waals surface area contributed by atoms with Crippen molar-refractivity contribution in [2.45, 2.75) is 25.9 Å². The molecule has 0 amide bonds. The van der Waals surface area contributed by atoms with Gasteiger partial charge in [0.25, 0.3) is 0 Å². The highest BCUT2D eigenvalue weighted by molar-refractivity contribution is 7.98. The average molecular weight is 240 g/mol. The van der Waals surface area contributed by atoms with Gasteiger partial charge in [-0.15, -0.1) is 0 Å². The van der Waals surface area contributed by atoms with Gasteiger partial charge in [0, 0.05) is 31.6 Å². The minimum atomic E-state index is 0.461. The predicted molar refractivity (Wildman–Crippen MR) is 70.8 cm³/mol. The fourth-order valence-corrected chi connectivity index (χ4v) is 2.37. The van der Waals surface area contributed by atoms with Crippen molar-refractivity contribution in [3.8, 4) is 0 Å². The number of aromatic nitrogens is 2. The van der Waals surface area contributed by atoms with Gasteiger partial charge in [-0.25, -0.2) is 9.97 Å². The lowest BCUT2D eigenvalue weighted by molar-refractivity contribution is 0.655. The molecule has 0 aromatic carbocycles. The number of nitrogens with two attached hydrogens (primary N) is 1. The molecule has 0 spiro atoms. The number of hydrogen-bond acceptors (Lipinski definition) is 5. The first-order valence-corrected chi connectivity index (χ1v) is 6.86. The molecule has 0 aliphatic heterocycles. The number of hydrogen-bond donors (Lipinski definition) is 1.